The van der Waals surface area contributed by atoms with E-state index in [1.165, 1.54) is 40.2 Å². The second kappa shape index (κ2) is 51.7. The lowest BCUT2D eigenvalue weighted by Gasteiger charge is -2.33. The molecule has 0 atom stereocenters. The fourth-order valence-corrected chi connectivity index (χ4v) is 18.2. The van der Waals surface area contributed by atoms with E-state index < -0.39 is 25.6 Å². The number of piperazine rings is 2. The largest absolute Gasteiger partial charge is 0.476 e. The molecule has 754 valence electrons. The molecule has 0 aromatic carbocycles. The van der Waals surface area contributed by atoms with Crippen molar-refractivity contribution in [3.05, 3.63) is 143 Å². The van der Waals surface area contributed by atoms with Crippen molar-refractivity contribution >= 4 is 117 Å². The second-order valence-electron chi connectivity index (χ2n) is 36.4. The number of nitrogens with zero attached hydrogens (tertiary/aromatic N) is 28. The molecule has 17 heterocycles. The highest BCUT2D eigenvalue weighted by Gasteiger charge is 2.35. The van der Waals surface area contributed by atoms with Crippen LogP contribution in [-0.4, -0.2) is 306 Å². The zero-order valence-electron chi connectivity index (χ0n) is 81.2. The first-order valence-electron chi connectivity index (χ1n) is 48.0. The lowest BCUT2D eigenvalue weighted by atomic mass is 9.98. The Hall–Kier alpha value is -11.6. The van der Waals surface area contributed by atoms with E-state index in [2.05, 4.69) is 169 Å². The summed E-state index contributed by atoms with van der Waals surface area (Å²) in [6.45, 7) is 27.0. The Labute approximate surface area is 835 Å². The summed E-state index contributed by atoms with van der Waals surface area (Å²) in [6.07, 6.45) is 49.2. The van der Waals surface area contributed by atoms with Crippen LogP contribution in [0.3, 0.4) is 0 Å². The topological polar surface area (TPSA) is 456 Å². The Morgan fingerprint density at radius 3 is 0.821 bits per heavy atom. The molecular formula is C94H128Br2N28O14S2. The smallest absolute Gasteiger partial charge is 0.410 e. The third-order valence-electron chi connectivity index (χ3n) is 25.1. The van der Waals surface area contributed by atoms with Gasteiger partial charge in [0.15, 0.2) is 17.5 Å². The number of hydrogen-bond donors (Lipinski definition) is 0. The highest BCUT2D eigenvalue weighted by Crippen LogP contribution is 2.31. The van der Waals surface area contributed by atoms with Gasteiger partial charge in [0.05, 0.1) is 121 Å². The molecule has 140 heavy (non-hydrogen) atoms. The second-order valence-corrected chi connectivity index (χ2v) is 42.0. The first-order valence-corrected chi connectivity index (χ1v) is 53.3. The SMILES string of the molecule is CC(C)(C)OC(=O)N1CCC(COc2cnc(Br)cn2)CC1.CCc1cnc(N2CCC(COc3cnc(Br)cn3)CC2)nc1.CCc1cnc(N2CCC(COc3cnc(N4CCCCC4=O)cn3)CC2)nc1.CCc1cnc(N2CCC(COc3cnc(N4CCN(S(C)(=O)=O)CC4=O)cn3)CC2)nc1.CCc1cnc(N2CCC(COc3cnc(N4CCN(S(C)(=O)=O)CC4=O)cn3)CC2)nc1. The van der Waals surface area contributed by atoms with Gasteiger partial charge in [-0.3, -0.25) is 29.1 Å². The number of anilines is 7. The summed E-state index contributed by atoms with van der Waals surface area (Å²) >= 11 is 6.50. The highest BCUT2D eigenvalue weighted by atomic mass is 79.9. The first kappa shape index (κ1) is 106. The fraction of sp³-hybridized carbons (Fsp3) is 0.574. The van der Waals surface area contributed by atoms with Crippen LogP contribution in [0.1, 0.15) is 154 Å². The number of carbonyl (C=O) groups excluding carboxylic acids is 4. The summed E-state index contributed by atoms with van der Waals surface area (Å²) in [5, 5.41) is 0. The van der Waals surface area contributed by atoms with Crippen molar-refractivity contribution in [2.45, 2.75) is 163 Å². The maximum Gasteiger partial charge on any atom is 0.410 e. The van der Waals surface area contributed by atoms with Gasteiger partial charge in [-0.05, 0) is 207 Å². The van der Waals surface area contributed by atoms with Gasteiger partial charge in [0.1, 0.15) is 14.8 Å². The van der Waals surface area contributed by atoms with Crippen molar-refractivity contribution in [1.82, 2.24) is 103 Å². The maximum absolute atomic E-state index is 12.3. The summed E-state index contributed by atoms with van der Waals surface area (Å²) in [4.78, 5) is 142. The average molecular weight is 2100 g/mol. The van der Waals surface area contributed by atoms with Crippen molar-refractivity contribution in [3.63, 3.8) is 0 Å². The summed E-state index contributed by atoms with van der Waals surface area (Å²) in [5.41, 5.74) is 4.16. The fourth-order valence-electron chi connectivity index (χ4n) is 16.3. The van der Waals surface area contributed by atoms with Crippen molar-refractivity contribution < 1.29 is 64.4 Å². The molecule has 8 saturated heterocycles. The zero-order chi connectivity index (χ0) is 99.1. The standard InChI is InChI=1S/2C21H29N7O4S.C21H28N6O2.C16H20BrN5O.C15H22BrN3O3/c2*1-3-16-10-24-21(25-11-16)26-6-4-17(5-7-26)15-32-19-13-22-18(12-23-19)28-9-8-27(14-20(28)29)33(2,30)31;1-2-16-11-24-21(25-12-16)26-9-6-17(7-10-26)15-29-19-14-22-18(13-23-19)27-8-4-3-5-20(27)28;1-2-12-7-20-16(21-8-12)22-5-3-13(4-6-22)11-23-15-10-18-14(17)9-19-15;1-15(2,3)22-14(20)19-6-4-11(5-7-19)10-21-13-9-17-12(16)8-18-13/h2*10-13,17H,3-9,14-15H2,1-2H3;11-14,17H,2-10,15H2,1H3;7-10,13H,2-6,11H2,1H3;8-9,11H,4-7,10H2,1-3H3. The molecule has 0 unspecified atom stereocenters. The van der Waals surface area contributed by atoms with Gasteiger partial charge in [0, 0.05) is 154 Å². The average Bonchev–Trinajstić information content (AvgIpc) is 0.807. The Balaban J connectivity index is 0.000000149. The van der Waals surface area contributed by atoms with Crippen LogP contribution in [0.25, 0.3) is 0 Å². The molecule has 46 heteroatoms. The summed E-state index contributed by atoms with van der Waals surface area (Å²) < 4.78 is 84.6. The van der Waals surface area contributed by atoms with Crippen LogP contribution in [0.5, 0.6) is 29.4 Å². The van der Waals surface area contributed by atoms with Crippen LogP contribution >= 0.6 is 31.9 Å². The van der Waals surface area contributed by atoms with E-state index in [9.17, 15) is 36.0 Å². The molecule has 0 N–H and O–H groups in total. The predicted molar refractivity (Wildman–Crippen MR) is 533 cm³/mol. The molecule has 8 fully saturated rings. The van der Waals surface area contributed by atoms with Gasteiger partial charge in [-0.25, -0.2) is 111 Å². The van der Waals surface area contributed by atoms with Crippen LogP contribution in [0.4, 0.5) is 46.0 Å². The number of piperidine rings is 6. The zero-order valence-corrected chi connectivity index (χ0v) is 86.0. The van der Waals surface area contributed by atoms with Crippen LogP contribution in [0.2, 0.25) is 0 Å². The summed E-state index contributed by atoms with van der Waals surface area (Å²) in [6, 6.07) is 0. The molecule has 0 aliphatic carbocycles. The van der Waals surface area contributed by atoms with E-state index in [0.29, 0.717) is 138 Å². The van der Waals surface area contributed by atoms with E-state index in [4.69, 9.17) is 28.4 Å². The molecule has 4 amide bonds. The van der Waals surface area contributed by atoms with E-state index in [0.717, 1.165) is 223 Å². The minimum atomic E-state index is -3.39. The van der Waals surface area contributed by atoms with Crippen LogP contribution < -0.4 is 58.0 Å². The minimum absolute atomic E-state index is 0.124. The number of sulfonamides is 2. The molecule has 0 radical (unpaired) electrons. The van der Waals surface area contributed by atoms with E-state index in [1.807, 2.05) is 70.3 Å². The quantitative estimate of drug-likeness (QED) is 0.0439. The normalized spacial score (nSPS) is 17.7. The molecule has 9 aromatic rings. The lowest BCUT2D eigenvalue weighted by molar-refractivity contribution is -0.120. The third-order valence-corrected chi connectivity index (χ3v) is 28.4. The summed E-state index contributed by atoms with van der Waals surface area (Å²) in [7, 11) is -6.78. The minimum Gasteiger partial charge on any atom is -0.476 e. The van der Waals surface area contributed by atoms with Gasteiger partial charge >= 0.3 is 6.09 Å². The lowest BCUT2D eigenvalue weighted by Crippen LogP contribution is -2.52. The molecule has 8 aliphatic rings. The number of likely N-dealkylation sites (tertiary alicyclic amines) is 1. The number of carbonyl (C=O) groups is 4. The number of halogens is 2. The Morgan fingerprint density at radius 2 is 0.593 bits per heavy atom. The number of hydrogen-bond acceptors (Lipinski definition) is 36. The molecule has 17 rings (SSSR count). The Kier molecular flexibility index (Phi) is 39.0. The Morgan fingerprint density at radius 1 is 0.329 bits per heavy atom. The molecule has 0 spiro atoms. The van der Waals surface area contributed by atoms with Gasteiger partial charge in [-0.15, -0.1) is 0 Å². The number of rotatable bonds is 28. The predicted octanol–water partition coefficient (Wildman–Crippen LogP) is 10.3. The van der Waals surface area contributed by atoms with Crippen molar-refractivity contribution in [2.75, 3.05) is 191 Å². The van der Waals surface area contributed by atoms with Gasteiger partial charge in [0.25, 0.3) is 0 Å². The number of ether oxygens (including phenoxy) is 6. The maximum atomic E-state index is 12.3. The first-order chi connectivity index (χ1) is 67.5. The number of aromatic nitrogens is 18. The van der Waals surface area contributed by atoms with Gasteiger partial charge < -0.3 is 52.9 Å². The van der Waals surface area contributed by atoms with Crippen molar-refractivity contribution in [2.24, 2.45) is 29.6 Å². The van der Waals surface area contributed by atoms with E-state index >= 15 is 0 Å². The van der Waals surface area contributed by atoms with Gasteiger partial charge in [0.2, 0.25) is 91.0 Å². The van der Waals surface area contributed by atoms with Crippen LogP contribution in [-0.2, 0) is 64.9 Å². The molecule has 0 saturated carbocycles. The van der Waals surface area contributed by atoms with E-state index in [1.54, 1.807) is 47.0 Å². The number of aryl methyl sites for hydroxylation is 4. The molecular weight excluding hydrogens is 1970 g/mol. The Bertz CT molecular complexity index is 5430. The highest BCUT2D eigenvalue weighted by molar-refractivity contribution is 9.10. The van der Waals surface area contributed by atoms with Crippen LogP contribution in [0, 0.1) is 29.6 Å². The summed E-state index contributed by atoms with van der Waals surface area (Å²) in [5.74, 6) is 8.75. The molecule has 8 aliphatic heterocycles. The van der Waals surface area contributed by atoms with Crippen LogP contribution in [0.15, 0.2) is 121 Å². The molecule has 0 bridgehead atoms. The van der Waals surface area contributed by atoms with Crippen molar-refractivity contribution in [3.8, 4) is 29.4 Å². The third kappa shape index (κ3) is 32.5. The van der Waals surface area contributed by atoms with Crippen molar-refractivity contribution in [1.29, 1.82) is 0 Å². The van der Waals surface area contributed by atoms with Gasteiger partial charge in [-0.1, -0.05) is 27.7 Å². The number of amides is 4. The monoisotopic (exact) mass is 2090 g/mol. The molecule has 9 aromatic heterocycles. The van der Waals surface area contributed by atoms with E-state index in [-0.39, 0.29) is 63.1 Å². The van der Waals surface area contributed by atoms with Gasteiger partial charge in [-0.2, -0.15) is 8.61 Å². The molecule has 42 nitrogen and oxygen atoms in total.